The minimum absolute atomic E-state index is 0.424. The van der Waals surface area contributed by atoms with Crippen LogP contribution in [0.2, 0.25) is 0 Å². The fraction of sp³-hybridized carbons (Fsp3) is 0.522. The van der Waals surface area contributed by atoms with Crippen molar-refractivity contribution in [3.05, 3.63) is 41.7 Å². The number of carbonyl (C=O) groups is 2. The van der Waals surface area contributed by atoms with E-state index in [4.69, 9.17) is 24.2 Å². The molecule has 2 aromatic heterocycles. The van der Waals surface area contributed by atoms with Gasteiger partial charge in [-0.3, -0.25) is 5.10 Å². The van der Waals surface area contributed by atoms with E-state index in [-0.39, 0.29) is 0 Å². The van der Waals surface area contributed by atoms with E-state index in [1.54, 1.807) is 0 Å². The number of aromatic nitrogens is 4. The van der Waals surface area contributed by atoms with E-state index in [0.717, 1.165) is 28.4 Å². The average molecular weight is 453 g/mol. The Kier molecular flexibility index (Phi) is 5.19. The van der Waals surface area contributed by atoms with Gasteiger partial charge in [-0.05, 0) is 50.5 Å². The molecule has 2 unspecified atom stereocenters. The Morgan fingerprint density at radius 1 is 1.12 bits per heavy atom. The van der Waals surface area contributed by atoms with E-state index >= 15 is 0 Å². The second kappa shape index (κ2) is 7.95. The molecule has 174 valence electrons. The number of hydrogen-bond donors (Lipinski definition) is 3. The van der Waals surface area contributed by atoms with Gasteiger partial charge in [0, 0.05) is 30.9 Å². The van der Waals surface area contributed by atoms with Gasteiger partial charge in [0.05, 0.1) is 16.6 Å². The lowest BCUT2D eigenvalue weighted by Gasteiger charge is -2.18. The lowest BCUT2D eigenvalue weighted by atomic mass is 9.87. The third-order valence-corrected chi connectivity index (χ3v) is 6.99. The van der Waals surface area contributed by atoms with Crippen molar-refractivity contribution < 1.29 is 24.2 Å². The first kappa shape index (κ1) is 21.6. The summed E-state index contributed by atoms with van der Waals surface area (Å²) in [6.07, 6.45) is 2.86. The molecule has 3 N–H and O–H groups in total. The molecule has 6 rings (SSSR count). The molecule has 0 radical (unpaired) electrons. The number of nitrogens with zero attached hydrogens (tertiary/aromatic N) is 4. The van der Waals surface area contributed by atoms with Crippen LogP contribution in [0.25, 0.3) is 10.9 Å². The Hall–Kier alpha value is -3.27. The fourth-order valence-electron chi connectivity index (χ4n) is 4.96. The highest BCUT2D eigenvalue weighted by Crippen LogP contribution is 2.58. The van der Waals surface area contributed by atoms with Crippen molar-refractivity contribution in [2.45, 2.75) is 38.0 Å². The zero-order valence-electron chi connectivity index (χ0n) is 18.6. The molecule has 1 aliphatic heterocycles. The quantitative estimate of drug-likeness (QED) is 0.496. The van der Waals surface area contributed by atoms with E-state index < -0.39 is 17.4 Å². The predicted octanol–water partition coefficient (Wildman–Crippen LogP) is 2.48. The molecule has 0 bridgehead atoms. The summed E-state index contributed by atoms with van der Waals surface area (Å²) in [5.74, 6) is 0.713. The first-order valence-corrected chi connectivity index (χ1v) is 11.2. The number of para-hydroxylation sites is 1. The number of fused-ring (bicyclic) bond motifs is 2. The molecule has 3 aliphatic rings. The monoisotopic (exact) mass is 453 g/mol. The Balaban J connectivity index is 0.000000340. The summed E-state index contributed by atoms with van der Waals surface area (Å²) in [6, 6.07) is 8.18. The molecule has 33 heavy (non-hydrogen) atoms. The van der Waals surface area contributed by atoms with Gasteiger partial charge in [-0.15, -0.1) is 10.2 Å². The highest BCUT2D eigenvalue weighted by atomic mass is 16.4. The third-order valence-electron chi connectivity index (χ3n) is 6.99. The predicted molar refractivity (Wildman–Crippen MR) is 117 cm³/mol. The van der Waals surface area contributed by atoms with E-state index in [9.17, 15) is 0 Å². The van der Waals surface area contributed by atoms with Crippen molar-refractivity contribution in [1.82, 2.24) is 25.3 Å². The molecule has 2 atom stereocenters. The Bertz CT molecular complexity index is 1170. The molecule has 1 saturated heterocycles. The summed E-state index contributed by atoms with van der Waals surface area (Å²) in [7, 11) is 0. The number of nitrogens with one attached hydrogen (secondary N) is 1. The Morgan fingerprint density at radius 2 is 1.79 bits per heavy atom. The van der Waals surface area contributed by atoms with Crippen LogP contribution in [0.15, 0.2) is 28.7 Å². The number of carboxylic acids is 2. The number of hydrogen-bond acceptors (Lipinski definition) is 7. The summed E-state index contributed by atoms with van der Waals surface area (Å²) in [4.78, 5) is 20.8. The van der Waals surface area contributed by atoms with E-state index in [0.29, 0.717) is 23.6 Å². The summed E-state index contributed by atoms with van der Waals surface area (Å²) in [5, 5.41) is 32.4. The van der Waals surface area contributed by atoms with Gasteiger partial charge in [0.15, 0.2) is 0 Å². The third kappa shape index (κ3) is 4.10. The molecule has 3 fully saturated rings. The van der Waals surface area contributed by atoms with Crippen molar-refractivity contribution in [3.8, 4) is 0 Å². The van der Waals surface area contributed by atoms with Crippen LogP contribution in [-0.4, -0.2) is 67.1 Å². The van der Waals surface area contributed by atoms with Crippen LogP contribution in [0.4, 0.5) is 0 Å². The number of benzene rings is 1. The number of likely N-dealkylation sites (tertiary alicyclic amines) is 1. The van der Waals surface area contributed by atoms with Crippen molar-refractivity contribution >= 4 is 22.8 Å². The summed E-state index contributed by atoms with van der Waals surface area (Å²) < 4.78 is 6.22. The van der Waals surface area contributed by atoms with Crippen LogP contribution in [0.3, 0.4) is 0 Å². The van der Waals surface area contributed by atoms with Crippen LogP contribution in [0.5, 0.6) is 0 Å². The molecule has 10 heteroatoms. The maximum atomic E-state index is 9.10. The number of rotatable bonds is 5. The highest BCUT2D eigenvalue weighted by Gasteiger charge is 2.59. The zero-order chi connectivity index (χ0) is 23.3. The first-order valence-electron chi connectivity index (χ1n) is 11.2. The smallest absolute Gasteiger partial charge is 0.414 e. The second-order valence-corrected chi connectivity index (χ2v) is 9.81. The molecular formula is C23H27N5O5. The normalized spacial score (nSPS) is 24.2. The molecule has 0 spiro atoms. The van der Waals surface area contributed by atoms with Crippen LogP contribution in [0, 0.1) is 17.8 Å². The molecule has 3 heterocycles. The topological polar surface area (TPSA) is 145 Å². The number of aromatic amines is 1. The van der Waals surface area contributed by atoms with Crippen molar-refractivity contribution in [3.63, 3.8) is 0 Å². The van der Waals surface area contributed by atoms with Gasteiger partial charge in [-0.25, -0.2) is 9.59 Å². The van der Waals surface area contributed by atoms with Gasteiger partial charge in [0.1, 0.15) is 0 Å². The van der Waals surface area contributed by atoms with E-state index in [1.807, 2.05) is 18.2 Å². The zero-order valence-corrected chi connectivity index (χ0v) is 18.6. The minimum Gasteiger partial charge on any atom is -0.473 e. The van der Waals surface area contributed by atoms with Crippen molar-refractivity contribution in [2.24, 2.45) is 17.8 Å². The largest absolute Gasteiger partial charge is 0.473 e. The molecule has 1 aromatic carbocycles. The number of aliphatic carboxylic acids is 2. The highest BCUT2D eigenvalue weighted by molar-refractivity contribution is 6.27. The molecule has 2 saturated carbocycles. The van der Waals surface area contributed by atoms with Gasteiger partial charge in [0.25, 0.3) is 0 Å². The Labute approximate surface area is 190 Å². The summed E-state index contributed by atoms with van der Waals surface area (Å²) in [6.45, 7) is 7.93. The number of carboxylic acid groups (broad SMARTS) is 2. The first-order chi connectivity index (χ1) is 15.8. The van der Waals surface area contributed by atoms with Crippen molar-refractivity contribution in [2.75, 3.05) is 19.6 Å². The van der Waals surface area contributed by atoms with Gasteiger partial charge >= 0.3 is 11.9 Å². The summed E-state index contributed by atoms with van der Waals surface area (Å²) in [5.41, 5.74) is 1.57. The lowest BCUT2D eigenvalue weighted by Crippen LogP contribution is -2.26. The molecule has 3 aromatic rings. The lowest BCUT2D eigenvalue weighted by molar-refractivity contribution is -0.159. The molecule has 2 aliphatic carbocycles. The molecular weight excluding hydrogens is 426 g/mol. The van der Waals surface area contributed by atoms with Crippen LogP contribution < -0.4 is 0 Å². The van der Waals surface area contributed by atoms with Crippen molar-refractivity contribution in [1.29, 1.82) is 0 Å². The molecule has 10 nitrogen and oxygen atoms in total. The van der Waals surface area contributed by atoms with Crippen LogP contribution in [-0.2, 0) is 15.0 Å². The standard InChI is InChI=1S/C21H25N5O.C2H2O4/c1-21(2,18-13-5-3-4-6-16(13)22-23-18)20-25-24-19(27-20)17-14-10-26(11-15(14)17)9-12-7-8-12;3-1(4)2(5)6/h3-6,12,14-15,17H,7-11H2,1-2H3,(H,22,23);(H,3,4)(H,5,6). The van der Waals surface area contributed by atoms with E-state index in [1.165, 1.54) is 32.5 Å². The maximum absolute atomic E-state index is 9.10. The van der Waals surface area contributed by atoms with Crippen LogP contribution >= 0.6 is 0 Å². The number of piperidine rings is 1. The molecule has 0 amide bonds. The summed E-state index contributed by atoms with van der Waals surface area (Å²) >= 11 is 0. The number of H-pyrrole nitrogens is 1. The van der Waals surface area contributed by atoms with E-state index in [2.05, 4.69) is 45.2 Å². The van der Waals surface area contributed by atoms with Gasteiger partial charge in [-0.2, -0.15) is 5.10 Å². The average Bonchev–Trinajstić information content (AvgIpc) is 3.48. The van der Waals surface area contributed by atoms with Crippen LogP contribution in [0.1, 0.15) is 50.1 Å². The van der Waals surface area contributed by atoms with Gasteiger partial charge in [-0.1, -0.05) is 18.2 Å². The van der Waals surface area contributed by atoms with Gasteiger partial charge in [0.2, 0.25) is 11.8 Å². The minimum atomic E-state index is -1.82. The Morgan fingerprint density at radius 3 is 2.42 bits per heavy atom. The fourth-order valence-corrected chi connectivity index (χ4v) is 4.96. The second-order valence-electron chi connectivity index (χ2n) is 9.81. The maximum Gasteiger partial charge on any atom is 0.414 e. The van der Waals surface area contributed by atoms with Gasteiger partial charge < -0.3 is 19.5 Å². The SMILES string of the molecule is CC(C)(c1nnc(C2C3CN(CC4CC4)CC32)o1)c1n[nH]c2ccccc12.O=C(O)C(=O)O.